The van der Waals surface area contributed by atoms with Crippen LogP contribution in [-0.2, 0) is 0 Å². The molecule has 0 radical (unpaired) electrons. The van der Waals surface area contributed by atoms with Crippen molar-refractivity contribution < 1.29 is 0 Å². The van der Waals surface area contributed by atoms with Crippen molar-refractivity contribution in [3.63, 3.8) is 0 Å². The van der Waals surface area contributed by atoms with E-state index in [2.05, 4.69) is 133 Å². The molecule has 11 aromatic rings. The minimum Gasteiger partial charge on any atom is -0.236 e. The molecule has 4 nitrogen and oxygen atoms in total. The molecule has 4 heterocycles. The summed E-state index contributed by atoms with van der Waals surface area (Å²) in [6.45, 7) is 0. The molecule has 248 valence electrons. The first kappa shape index (κ1) is 30.5. The van der Waals surface area contributed by atoms with Crippen LogP contribution in [0.5, 0.6) is 0 Å². The fourth-order valence-corrected chi connectivity index (χ4v) is 10.6. The molecule has 7 aromatic carbocycles. The number of thiazole rings is 1. The first-order chi connectivity index (χ1) is 26.2. The van der Waals surface area contributed by atoms with Gasteiger partial charge in [-0.25, -0.2) is 19.9 Å². The Morgan fingerprint density at radius 2 is 0.887 bits per heavy atom. The summed E-state index contributed by atoms with van der Waals surface area (Å²) in [6, 6.07) is 55.6. The van der Waals surface area contributed by atoms with Crippen molar-refractivity contribution in [1.29, 1.82) is 0 Å². The van der Waals surface area contributed by atoms with E-state index in [1.54, 1.807) is 22.7 Å². The molecule has 0 aliphatic heterocycles. The molecular formula is C46H26N4S3. The Morgan fingerprint density at radius 3 is 1.62 bits per heavy atom. The second kappa shape index (κ2) is 12.2. The van der Waals surface area contributed by atoms with Gasteiger partial charge in [-0.1, -0.05) is 121 Å². The summed E-state index contributed by atoms with van der Waals surface area (Å²) in [4.78, 5) is 20.4. The van der Waals surface area contributed by atoms with Gasteiger partial charge in [0.05, 0.1) is 10.2 Å². The average molecular weight is 731 g/mol. The number of aromatic nitrogens is 4. The maximum Gasteiger partial charge on any atom is 0.164 e. The minimum absolute atomic E-state index is 0.662. The van der Waals surface area contributed by atoms with Crippen molar-refractivity contribution in [2.45, 2.75) is 0 Å². The van der Waals surface area contributed by atoms with Crippen LogP contribution in [0, 0.1) is 0 Å². The van der Waals surface area contributed by atoms with Gasteiger partial charge in [0.25, 0.3) is 0 Å². The van der Waals surface area contributed by atoms with Gasteiger partial charge >= 0.3 is 0 Å². The normalized spacial score (nSPS) is 11.8. The smallest absolute Gasteiger partial charge is 0.164 e. The van der Waals surface area contributed by atoms with Crippen LogP contribution in [0.2, 0.25) is 0 Å². The topological polar surface area (TPSA) is 51.6 Å². The van der Waals surface area contributed by atoms with Crippen LogP contribution in [0.1, 0.15) is 0 Å². The summed E-state index contributed by atoms with van der Waals surface area (Å²) < 4.78 is 6.12. The fourth-order valence-electron chi connectivity index (χ4n) is 7.29. The van der Waals surface area contributed by atoms with Gasteiger partial charge in [-0.05, 0) is 47.5 Å². The number of thiophene rings is 2. The van der Waals surface area contributed by atoms with Gasteiger partial charge in [0.2, 0.25) is 0 Å². The molecule has 0 N–H and O–H groups in total. The van der Waals surface area contributed by atoms with Crippen LogP contribution in [0.15, 0.2) is 158 Å². The van der Waals surface area contributed by atoms with Crippen molar-refractivity contribution in [3.8, 4) is 55.9 Å². The Hall–Kier alpha value is -6.12. The van der Waals surface area contributed by atoms with E-state index in [4.69, 9.17) is 19.9 Å². The molecule has 4 aromatic heterocycles. The maximum atomic E-state index is 5.27. The van der Waals surface area contributed by atoms with Gasteiger partial charge in [-0.15, -0.1) is 34.0 Å². The van der Waals surface area contributed by atoms with E-state index in [-0.39, 0.29) is 0 Å². The predicted molar refractivity (Wildman–Crippen MR) is 226 cm³/mol. The molecule has 0 spiro atoms. The van der Waals surface area contributed by atoms with E-state index in [1.165, 1.54) is 56.2 Å². The highest BCUT2D eigenvalue weighted by Gasteiger charge is 2.19. The molecular weight excluding hydrogens is 705 g/mol. The molecule has 53 heavy (non-hydrogen) atoms. The minimum atomic E-state index is 0.662. The quantitative estimate of drug-likeness (QED) is 0.177. The highest BCUT2D eigenvalue weighted by molar-refractivity contribution is 7.26. The SMILES string of the molecule is c1ccc(-c2nc(-c3cccc4sc5ccccc5c34)nc(-c3cccc4sc5cc(-c6ccc(-c7nc8ccccc8s7)cc6)ccc5c34)n2)cc1. The van der Waals surface area contributed by atoms with Crippen molar-refractivity contribution in [2.75, 3.05) is 0 Å². The summed E-state index contributed by atoms with van der Waals surface area (Å²) >= 11 is 5.35. The predicted octanol–water partition coefficient (Wildman–Crippen LogP) is 13.6. The van der Waals surface area contributed by atoms with Gasteiger partial charge in [-0.3, -0.25) is 0 Å². The van der Waals surface area contributed by atoms with E-state index in [1.807, 2.05) is 35.6 Å². The largest absolute Gasteiger partial charge is 0.236 e. The summed E-state index contributed by atoms with van der Waals surface area (Å²) in [5.41, 5.74) is 7.53. The lowest BCUT2D eigenvalue weighted by Gasteiger charge is -2.10. The maximum absolute atomic E-state index is 5.27. The first-order valence-electron chi connectivity index (χ1n) is 17.4. The number of benzene rings is 7. The second-order valence-electron chi connectivity index (χ2n) is 13.0. The summed E-state index contributed by atoms with van der Waals surface area (Å²) in [5.74, 6) is 2.01. The lowest BCUT2D eigenvalue weighted by atomic mass is 10.0. The Kier molecular flexibility index (Phi) is 7.05. The summed E-state index contributed by atoms with van der Waals surface area (Å²) in [5, 5.41) is 5.82. The zero-order chi connectivity index (χ0) is 34.9. The molecule has 0 saturated heterocycles. The highest BCUT2D eigenvalue weighted by Crippen LogP contribution is 2.43. The van der Waals surface area contributed by atoms with Crippen molar-refractivity contribution in [1.82, 2.24) is 19.9 Å². The molecule has 0 aliphatic rings. The molecule has 0 atom stereocenters. The van der Waals surface area contributed by atoms with Gasteiger partial charge in [0.1, 0.15) is 5.01 Å². The molecule has 0 aliphatic carbocycles. The first-order valence-corrected chi connectivity index (χ1v) is 19.8. The summed E-state index contributed by atoms with van der Waals surface area (Å²) in [7, 11) is 0. The van der Waals surface area contributed by atoms with Gasteiger partial charge in [0, 0.05) is 62.6 Å². The standard InChI is InChI=1S/C46H26N4S3/c1-2-10-28(11-3-1)43-48-44(33-13-8-18-38-41(33)31-12-4-6-16-36(31)51-38)50-45(49-43)34-14-9-19-39-42(34)32-25-24-30(26-40(32)52-39)27-20-22-29(23-21-27)46-47-35-15-5-7-17-37(35)53-46/h1-26H. The van der Waals surface area contributed by atoms with Crippen LogP contribution >= 0.6 is 34.0 Å². The number of nitrogens with zero attached hydrogens (tertiary/aromatic N) is 4. The molecule has 0 bridgehead atoms. The van der Waals surface area contributed by atoms with Gasteiger partial charge in [0.15, 0.2) is 17.5 Å². The Morgan fingerprint density at radius 1 is 0.321 bits per heavy atom. The highest BCUT2D eigenvalue weighted by atomic mass is 32.1. The number of hydrogen-bond donors (Lipinski definition) is 0. The van der Waals surface area contributed by atoms with Crippen LogP contribution in [0.25, 0.3) is 106 Å². The number of rotatable bonds is 5. The van der Waals surface area contributed by atoms with E-state index in [0.29, 0.717) is 17.5 Å². The molecule has 11 rings (SSSR count). The van der Waals surface area contributed by atoms with Crippen LogP contribution in [-0.4, -0.2) is 19.9 Å². The molecule has 0 unspecified atom stereocenters. The van der Waals surface area contributed by atoms with Crippen LogP contribution in [0.4, 0.5) is 0 Å². The molecule has 0 fully saturated rings. The Bertz CT molecular complexity index is 3140. The summed E-state index contributed by atoms with van der Waals surface area (Å²) in [6.07, 6.45) is 0. The number of fused-ring (bicyclic) bond motifs is 7. The third-order valence-corrected chi connectivity index (χ3v) is 13.1. The van der Waals surface area contributed by atoms with E-state index in [0.717, 1.165) is 32.8 Å². The van der Waals surface area contributed by atoms with Crippen LogP contribution in [0.3, 0.4) is 0 Å². The second-order valence-corrected chi connectivity index (χ2v) is 16.2. The third-order valence-electron chi connectivity index (χ3n) is 9.81. The van der Waals surface area contributed by atoms with Crippen molar-refractivity contribution >= 4 is 84.6 Å². The molecule has 7 heteroatoms. The van der Waals surface area contributed by atoms with Gasteiger partial charge < -0.3 is 0 Å². The zero-order valence-electron chi connectivity index (χ0n) is 28.0. The molecule has 0 saturated carbocycles. The van der Waals surface area contributed by atoms with Crippen molar-refractivity contribution in [2.24, 2.45) is 0 Å². The Labute approximate surface area is 316 Å². The monoisotopic (exact) mass is 730 g/mol. The van der Waals surface area contributed by atoms with E-state index in [9.17, 15) is 0 Å². The van der Waals surface area contributed by atoms with Gasteiger partial charge in [-0.2, -0.15) is 0 Å². The molecule has 0 amide bonds. The lowest BCUT2D eigenvalue weighted by Crippen LogP contribution is -2.00. The number of hydrogen-bond acceptors (Lipinski definition) is 7. The van der Waals surface area contributed by atoms with Crippen molar-refractivity contribution in [3.05, 3.63) is 158 Å². The zero-order valence-corrected chi connectivity index (χ0v) is 30.5. The van der Waals surface area contributed by atoms with Crippen LogP contribution < -0.4 is 0 Å². The van der Waals surface area contributed by atoms with E-state index < -0.39 is 0 Å². The third kappa shape index (κ3) is 5.16. The Balaban J connectivity index is 1.04. The van der Waals surface area contributed by atoms with E-state index >= 15 is 0 Å². The lowest BCUT2D eigenvalue weighted by molar-refractivity contribution is 1.08. The number of para-hydroxylation sites is 1. The fraction of sp³-hybridized carbons (Fsp3) is 0. The average Bonchev–Trinajstić information content (AvgIpc) is 3.94.